The molecule has 5 rings (SSSR count). The predicted octanol–water partition coefficient (Wildman–Crippen LogP) is 2.33. The molecule has 142 valence electrons. The number of aromatic nitrogens is 2. The van der Waals surface area contributed by atoms with E-state index in [2.05, 4.69) is 14.9 Å². The van der Waals surface area contributed by atoms with Crippen LogP contribution in [0.5, 0.6) is 0 Å². The Bertz CT molecular complexity index is 847. The second-order valence-electron chi connectivity index (χ2n) is 7.91. The fourth-order valence-corrected chi connectivity index (χ4v) is 5.35. The molecule has 2 aliphatic heterocycles. The highest BCUT2D eigenvalue weighted by atomic mass is 32.1. The van der Waals surface area contributed by atoms with E-state index < -0.39 is 0 Å². The lowest BCUT2D eigenvalue weighted by Crippen LogP contribution is -2.59. The van der Waals surface area contributed by atoms with Crippen molar-refractivity contribution in [2.45, 2.75) is 44.1 Å². The number of rotatable bonds is 3. The molecular weight excluding hydrogens is 360 g/mol. The van der Waals surface area contributed by atoms with Crippen LogP contribution in [0.4, 0.5) is 0 Å². The van der Waals surface area contributed by atoms with Gasteiger partial charge in [0.05, 0.1) is 24.0 Å². The summed E-state index contributed by atoms with van der Waals surface area (Å²) in [5.41, 5.74) is 1.86. The zero-order valence-corrected chi connectivity index (χ0v) is 16.1. The molecule has 1 saturated carbocycles. The molecule has 27 heavy (non-hydrogen) atoms. The van der Waals surface area contributed by atoms with Gasteiger partial charge in [-0.1, -0.05) is 6.07 Å². The lowest BCUT2D eigenvalue weighted by molar-refractivity contribution is -0.145. The van der Waals surface area contributed by atoms with Crippen molar-refractivity contribution in [3.8, 4) is 0 Å². The number of thiophene rings is 1. The van der Waals surface area contributed by atoms with Crippen molar-refractivity contribution >= 4 is 23.2 Å². The second-order valence-corrected chi connectivity index (χ2v) is 8.94. The second kappa shape index (κ2) is 6.48. The summed E-state index contributed by atoms with van der Waals surface area (Å²) < 4.78 is 0. The molecule has 7 heteroatoms. The standard InChI is InChI=1S/C20H24N4O2S/c25-17(12-15-2-1-11-27-15)23-9-6-20(7-10-23)18-16(21-13-22-18)5-8-24(20)19(26)14-3-4-14/h1-2,11,13-14H,3-10,12H2,(H,21,22). The number of fused-ring (bicyclic) bond motifs is 2. The fraction of sp³-hybridized carbons (Fsp3) is 0.550. The van der Waals surface area contributed by atoms with Gasteiger partial charge in [-0.15, -0.1) is 11.3 Å². The number of piperidine rings is 1. The van der Waals surface area contributed by atoms with Crippen LogP contribution in [0.3, 0.4) is 0 Å². The maximum absolute atomic E-state index is 13.0. The molecule has 0 aromatic carbocycles. The van der Waals surface area contributed by atoms with Gasteiger partial charge in [-0.2, -0.15) is 0 Å². The van der Waals surface area contributed by atoms with Crippen LogP contribution in [0.1, 0.15) is 41.9 Å². The number of hydrogen-bond acceptors (Lipinski definition) is 4. The van der Waals surface area contributed by atoms with Crippen molar-refractivity contribution in [1.29, 1.82) is 0 Å². The maximum Gasteiger partial charge on any atom is 0.227 e. The predicted molar refractivity (Wildman–Crippen MR) is 102 cm³/mol. The molecule has 3 aliphatic rings. The molecule has 1 aliphatic carbocycles. The molecule has 1 N–H and O–H groups in total. The number of H-pyrrole nitrogens is 1. The third kappa shape index (κ3) is 2.88. The van der Waals surface area contributed by atoms with Crippen LogP contribution in [-0.2, 0) is 28.0 Å². The lowest BCUT2D eigenvalue weighted by Gasteiger charge is -2.50. The zero-order valence-electron chi connectivity index (χ0n) is 15.3. The molecule has 6 nitrogen and oxygen atoms in total. The summed E-state index contributed by atoms with van der Waals surface area (Å²) in [6.07, 6.45) is 6.67. The summed E-state index contributed by atoms with van der Waals surface area (Å²) in [5, 5.41) is 2.01. The third-order valence-corrected chi connectivity index (χ3v) is 7.18. The third-order valence-electron chi connectivity index (χ3n) is 6.30. The van der Waals surface area contributed by atoms with Gasteiger partial charge in [0.1, 0.15) is 0 Å². The van der Waals surface area contributed by atoms with E-state index in [0.29, 0.717) is 25.4 Å². The van der Waals surface area contributed by atoms with E-state index >= 15 is 0 Å². The normalized spacial score (nSPS) is 21.3. The zero-order chi connectivity index (χ0) is 18.4. The minimum absolute atomic E-state index is 0.186. The first-order valence-corrected chi connectivity index (χ1v) is 10.7. The Hall–Kier alpha value is -2.15. The van der Waals surface area contributed by atoms with E-state index in [0.717, 1.165) is 54.9 Å². The first-order valence-electron chi connectivity index (χ1n) is 9.82. The summed E-state index contributed by atoms with van der Waals surface area (Å²) in [6, 6.07) is 4.00. The van der Waals surface area contributed by atoms with E-state index in [1.165, 1.54) is 0 Å². The SMILES string of the molecule is O=C(Cc1cccs1)N1CCC2(CC1)c1nc[nH]c1CCN2C(=O)C1CC1. The van der Waals surface area contributed by atoms with Crippen LogP contribution < -0.4 is 0 Å². The Balaban J connectivity index is 1.36. The summed E-state index contributed by atoms with van der Waals surface area (Å²) in [4.78, 5) is 38.8. The summed E-state index contributed by atoms with van der Waals surface area (Å²) in [6.45, 7) is 2.13. The van der Waals surface area contributed by atoms with Gasteiger partial charge in [0, 0.05) is 42.5 Å². The summed E-state index contributed by atoms with van der Waals surface area (Å²) in [7, 11) is 0. The number of nitrogens with zero attached hydrogens (tertiary/aromatic N) is 3. The Morgan fingerprint density at radius 1 is 1.26 bits per heavy atom. The molecule has 1 spiro atoms. The largest absolute Gasteiger partial charge is 0.348 e. The lowest BCUT2D eigenvalue weighted by atomic mass is 9.78. The Kier molecular flexibility index (Phi) is 4.07. The van der Waals surface area contributed by atoms with Crippen LogP contribution in [0.25, 0.3) is 0 Å². The van der Waals surface area contributed by atoms with Gasteiger partial charge in [-0.25, -0.2) is 4.98 Å². The topological polar surface area (TPSA) is 69.3 Å². The number of aromatic amines is 1. The van der Waals surface area contributed by atoms with Gasteiger partial charge in [-0.05, 0) is 37.1 Å². The van der Waals surface area contributed by atoms with Crippen molar-refractivity contribution < 1.29 is 9.59 Å². The maximum atomic E-state index is 13.0. The first-order chi connectivity index (χ1) is 13.2. The van der Waals surface area contributed by atoms with Crippen LogP contribution in [0.15, 0.2) is 23.8 Å². The van der Waals surface area contributed by atoms with Crippen LogP contribution in [-0.4, -0.2) is 51.2 Å². The molecular formula is C20H24N4O2S. The van der Waals surface area contributed by atoms with Crippen molar-refractivity contribution in [2.24, 2.45) is 5.92 Å². The number of likely N-dealkylation sites (tertiary alicyclic amines) is 1. The molecule has 0 bridgehead atoms. The number of imidazole rings is 1. The Labute approximate surface area is 162 Å². The fourth-order valence-electron chi connectivity index (χ4n) is 4.66. The molecule has 2 fully saturated rings. The average molecular weight is 385 g/mol. The van der Waals surface area contributed by atoms with Gasteiger partial charge < -0.3 is 14.8 Å². The van der Waals surface area contributed by atoms with Gasteiger partial charge >= 0.3 is 0 Å². The molecule has 4 heterocycles. The van der Waals surface area contributed by atoms with Gasteiger partial charge in [0.15, 0.2) is 0 Å². The van der Waals surface area contributed by atoms with Crippen LogP contribution in [0, 0.1) is 5.92 Å². The smallest absolute Gasteiger partial charge is 0.227 e. The number of hydrogen-bond donors (Lipinski definition) is 1. The van der Waals surface area contributed by atoms with Crippen molar-refractivity contribution in [3.63, 3.8) is 0 Å². The van der Waals surface area contributed by atoms with Crippen LogP contribution in [0.2, 0.25) is 0 Å². The molecule has 1 saturated heterocycles. The quantitative estimate of drug-likeness (QED) is 0.883. The number of nitrogens with one attached hydrogen (secondary N) is 1. The van der Waals surface area contributed by atoms with E-state index in [-0.39, 0.29) is 17.4 Å². The monoisotopic (exact) mass is 384 g/mol. The highest BCUT2D eigenvalue weighted by molar-refractivity contribution is 7.10. The van der Waals surface area contributed by atoms with E-state index in [9.17, 15) is 9.59 Å². The molecule has 2 amide bonds. The summed E-state index contributed by atoms with van der Waals surface area (Å²) in [5.74, 6) is 0.688. The highest BCUT2D eigenvalue weighted by Gasteiger charge is 2.51. The van der Waals surface area contributed by atoms with Crippen molar-refractivity contribution in [3.05, 3.63) is 40.1 Å². The minimum atomic E-state index is -0.340. The first kappa shape index (κ1) is 17.0. The number of carbonyl (C=O) groups is 2. The average Bonchev–Trinajstić information content (AvgIpc) is 3.19. The van der Waals surface area contributed by atoms with Crippen LogP contribution >= 0.6 is 11.3 Å². The molecule has 0 atom stereocenters. The Morgan fingerprint density at radius 2 is 2.07 bits per heavy atom. The van der Waals surface area contributed by atoms with Gasteiger partial charge in [-0.3, -0.25) is 9.59 Å². The van der Waals surface area contributed by atoms with Gasteiger partial charge in [0.25, 0.3) is 0 Å². The van der Waals surface area contributed by atoms with Crippen molar-refractivity contribution in [2.75, 3.05) is 19.6 Å². The van der Waals surface area contributed by atoms with E-state index in [4.69, 9.17) is 0 Å². The molecule has 2 aromatic rings. The molecule has 0 radical (unpaired) electrons. The number of carbonyl (C=O) groups excluding carboxylic acids is 2. The minimum Gasteiger partial charge on any atom is -0.348 e. The highest BCUT2D eigenvalue weighted by Crippen LogP contribution is 2.45. The molecule has 0 unspecified atom stereocenters. The number of amides is 2. The van der Waals surface area contributed by atoms with E-state index in [1.807, 2.05) is 22.4 Å². The molecule has 2 aromatic heterocycles. The summed E-state index contributed by atoms with van der Waals surface area (Å²) >= 11 is 1.63. The van der Waals surface area contributed by atoms with Crippen molar-refractivity contribution in [1.82, 2.24) is 19.8 Å². The Morgan fingerprint density at radius 3 is 2.78 bits per heavy atom. The van der Waals surface area contributed by atoms with E-state index in [1.54, 1.807) is 17.7 Å². The van der Waals surface area contributed by atoms with Gasteiger partial charge in [0.2, 0.25) is 11.8 Å².